The van der Waals surface area contributed by atoms with E-state index >= 15 is 0 Å². The minimum absolute atomic E-state index is 0.193. The first kappa shape index (κ1) is 23.3. The predicted molar refractivity (Wildman–Crippen MR) is 131 cm³/mol. The number of imide groups is 1. The molecule has 0 atom stereocenters. The average Bonchev–Trinajstić information content (AvgIpc) is 3.08. The van der Waals surface area contributed by atoms with Gasteiger partial charge in [-0.3, -0.25) is 19.3 Å². The monoisotopic (exact) mass is 492 g/mol. The Kier molecular flexibility index (Phi) is 7.10. The first-order valence-corrected chi connectivity index (χ1v) is 11.3. The van der Waals surface area contributed by atoms with Crippen molar-refractivity contribution in [3.8, 4) is 5.75 Å². The Hall–Kier alpha value is -3.88. The van der Waals surface area contributed by atoms with Crippen LogP contribution in [0.4, 0.5) is 10.5 Å². The van der Waals surface area contributed by atoms with Gasteiger partial charge in [0.25, 0.3) is 11.1 Å². The smallest absolute Gasteiger partial charge is 0.345 e. The van der Waals surface area contributed by atoms with E-state index in [4.69, 9.17) is 16.3 Å². The highest BCUT2D eigenvalue weighted by Crippen LogP contribution is 2.32. The zero-order valence-corrected chi connectivity index (χ0v) is 19.1. The van der Waals surface area contributed by atoms with E-state index in [0.717, 1.165) is 16.7 Å². The number of halogens is 1. The quantitative estimate of drug-likeness (QED) is 0.287. The number of anilines is 1. The van der Waals surface area contributed by atoms with Crippen molar-refractivity contribution in [2.45, 2.75) is 0 Å². The predicted octanol–water partition coefficient (Wildman–Crippen LogP) is 5.23. The molecule has 1 fully saturated rings. The highest BCUT2D eigenvalue weighted by Gasteiger charge is 2.36. The molecule has 1 aliphatic heterocycles. The number of amides is 3. The van der Waals surface area contributed by atoms with Crippen molar-refractivity contribution in [1.29, 1.82) is 0 Å². The molecule has 0 bridgehead atoms. The van der Waals surface area contributed by atoms with Gasteiger partial charge in [0.15, 0.2) is 0 Å². The molecule has 34 heavy (non-hydrogen) atoms. The number of nitrogens with one attached hydrogen (secondary N) is 1. The Bertz CT molecular complexity index is 1290. The Balaban J connectivity index is 1.39. The maximum Gasteiger partial charge on any atom is 0.345 e. The lowest BCUT2D eigenvalue weighted by Gasteiger charge is -2.12. The average molecular weight is 493 g/mol. The first-order valence-electron chi connectivity index (χ1n) is 10.1. The number of benzene rings is 3. The molecule has 3 aromatic rings. The fourth-order valence-corrected chi connectivity index (χ4v) is 4.13. The molecular weight excluding hydrogens is 476 g/mol. The van der Waals surface area contributed by atoms with E-state index in [2.05, 4.69) is 5.32 Å². The number of thioether (sulfide) groups is 1. The van der Waals surface area contributed by atoms with Crippen molar-refractivity contribution in [2.24, 2.45) is 0 Å². The molecule has 7 nitrogen and oxygen atoms in total. The molecule has 0 radical (unpaired) electrons. The third-order valence-corrected chi connectivity index (χ3v) is 5.95. The highest BCUT2D eigenvalue weighted by molar-refractivity contribution is 8.18. The molecule has 1 saturated heterocycles. The molecule has 0 aromatic heterocycles. The molecule has 9 heteroatoms. The summed E-state index contributed by atoms with van der Waals surface area (Å²) in [6.45, 7) is -0.381. The SMILES string of the molecule is O=C(CN1C(=O)S/C(=C\c2ccc(OC(=O)c3ccccc3Cl)cc2)C1=O)Nc1ccccc1. The number of carbonyl (C=O) groups excluding carboxylic acids is 4. The molecule has 0 unspecified atom stereocenters. The van der Waals surface area contributed by atoms with Crippen LogP contribution in [0, 0.1) is 0 Å². The van der Waals surface area contributed by atoms with Gasteiger partial charge in [0.05, 0.1) is 15.5 Å². The van der Waals surface area contributed by atoms with Gasteiger partial charge >= 0.3 is 5.97 Å². The maximum absolute atomic E-state index is 12.7. The second-order valence-electron chi connectivity index (χ2n) is 7.12. The summed E-state index contributed by atoms with van der Waals surface area (Å²) in [5.41, 5.74) is 1.44. The van der Waals surface area contributed by atoms with Crippen LogP contribution in [0.2, 0.25) is 5.02 Å². The molecule has 3 aromatic carbocycles. The van der Waals surface area contributed by atoms with Gasteiger partial charge in [0, 0.05) is 5.69 Å². The van der Waals surface area contributed by atoms with Crippen LogP contribution >= 0.6 is 23.4 Å². The Morgan fingerprint density at radius 1 is 0.941 bits per heavy atom. The number of esters is 1. The Morgan fingerprint density at radius 2 is 1.62 bits per heavy atom. The fraction of sp³-hybridized carbons (Fsp3) is 0.0400. The van der Waals surface area contributed by atoms with Crippen molar-refractivity contribution in [3.63, 3.8) is 0 Å². The number of nitrogens with zero attached hydrogens (tertiary/aromatic N) is 1. The maximum atomic E-state index is 12.7. The van der Waals surface area contributed by atoms with Crippen molar-refractivity contribution < 1.29 is 23.9 Å². The Morgan fingerprint density at radius 3 is 2.32 bits per heavy atom. The summed E-state index contributed by atoms with van der Waals surface area (Å²) < 4.78 is 5.33. The molecule has 4 rings (SSSR count). The lowest BCUT2D eigenvalue weighted by molar-refractivity contribution is -0.127. The normalized spacial score (nSPS) is 14.4. The van der Waals surface area contributed by atoms with E-state index in [0.29, 0.717) is 17.0 Å². The second kappa shape index (κ2) is 10.4. The second-order valence-corrected chi connectivity index (χ2v) is 8.52. The number of rotatable bonds is 6. The molecular formula is C25H17ClN2O5S. The van der Waals surface area contributed by atoms with Gasteiger partial charge in [-0.2, -0.15) is 0 Å². The zero-order chi connectivity index (χ0) is 24.1. The first-order chi connectivity index (χ1) is 16.4. The van der Waals surface area contributed by atoms with Crippen molar-refractivity contribution >= 4 is 58.1 Å². The van der Waals surface area contributed by atoms with E-state index in [1.54, 1.807) is 78.9 Å². The summed E-state index contributed by atoms with van der Waals surface area (Å²) in [6.07, 6.45) is 1.54. The van der Waals surface area contributed by atoms with Gasteiger partial charge in [-0.05, 0) is 59.8 Å². The molecule has 0 spiro atoms. The van der Waals surface area contributed by atoms with Crippen LogP contribution in [0.15, 0.2) is 83.8 Å². The summed E-state index contributed by atoms with van der Waals surface area (Å²) >= 11 is 6.77. The highest BCUT2D eigenvalue weighted by atomic mass is 35.5. The van der Waals surface area contributed by atoms with Gasteiger partial charge in [-0.1, -0.05) is 54.1 Å². The fourth-order valence-electron chi connectivity index (χ4n) is 3.07. The van der Waals surface area contributed by atoms with Crippen LogP contribution < -0.4 is 10.1 Å². The molecule has 3 amide bonds. The van der Waals surface area contributed by atoms with Gasteiger partial charge in [0.1, 0.15) is 12.3 Å². The van der Waals surface area contributed by atoms with Gasteiger partial charge in [-0.15, -0.1) is 0 Å². The van der Waals surface area contributed by atoms with Crippen molar-refractivity contribution in [1.82, 2.24) is 4.90 Å². The Labute approximate surface area is 204 Å². The van der Waals surface area contributed by atoms with Crippen LogP contribution in [-0.4, -0.2) is 34.5 Å². The lowest BCUT2D eigenvalue weighted by atomic mass is 10.2. The lowest BCUT2D eigenvalue weighted by Crippen LogP contribution is -2.36. The largest absolute Gasteiger partial charge is 0.423 e. The minimum atomic E-state index is -0.590. The third kappa shape index (κ3) is 5.54. The molecule has 0 saturated carbocycles. The molecule has 1 aliphatic rings. The van der Waals surface area contributed by atoms with E-state index in [1.807, 2.05) is 6.07 Å². The summed E-state index contributed by atoms with van der Waals surface area (Å²) in [7, 11) is 0. The van der Waals surface area contributed by atoms with Crippen molar-refractivity contribution in [3.05, 3.63) is 99.9 Å². The molecule has 1 heterocycles. The van der Waals surface area contributed by atoms with Crippen LogP contribution in [-0.2, 0) is 9.59 Å². The minimum Gasteiger partial charge on any atom is -0.423 e. The van der Waals surface area contributed by atoms with E-state index in [9.17, 15) is 19.2 Å². The van der Waals surface area contributed by atoms with Gasteiger partial charge < -0.3 is 10.1 Å². The van der Waals surface area contributed by atoms with Gasteiger partial charge in [0.2, 0.25) is 5.91 Å². The van der Waals surface area contributed by atoms with E-state index < -0.39 is 23.0 Å². The van der Waals surface area contributed by atoms with E-state index in [-0.39, 0.29) is 22.0 Å². The van der Waals surface area contributed by atoms with Gasteiger partial charge in [-0.25, -0.2) is 4.79 Å². The number of para-hydroxylation sites is 1. The number of ether oxygens (including phenoxy) is 1. The number of hydrogen-bond donors (Lipinski definition) is 1. The zero-order valence-electron chi connectivity index (χ0n) is 17.6. The standard InChI is InChI=1S/C25H17ClN2O5S/c26-20-9-5-4-8-19(20)24(31)33-18-12-10-16(11-13-18)14-21-23(30)28(25(32)34-21)15-22(29)27-17-6-2-1-3-7-17/h1-14H,15H2,(H,27,29)/b21-14-. The van der Waals surface area contributed by atoms with Crippen LogP contribution in [0.1, 0.15) is 15.9 Å². The van der Waals surface area contributed by atoms with Crippen LogP contribution in [0.3, 0.4) is 0 Å². The van der Waals surface area contributed by atoms with Crippen molar-refractivity contribution in [2.75, 3.05) is 11.9 Å². The van der Waals surface area contributed by atoms with E-state index in [1.165, 1.54) is 0 Å². The summed E-state index contributed by atoms with van der Waals surface area (Å²) in [5, 5.41) is 2.41. The van der Waals surface area contributed by atoms with Crippen LogP contribution in [0.25, 0.3) is 6.08 Å². The molecule has 0 aliphatic carbocycles. The molecule has 170 valence electrons. The topological polar surface area (TPSA) is 92.8 Å². The number of carbonyl (C=O) groups is 4. The molecule has 1 N–H and O–H groups in total. The summed E-state index contributed by atoms with van der Waals surface area (Å²) in [4.78, 5) is 50.6. The third-order valence-electron chi connectivity index (χ3n) is 4.72. The summed E-state index contributed by atoms with van der Waals surface area (Å²) in [5.74, 6) is -1.31. The summed E-state index contributed by atoms with van der Waals surface area (Å²) in [6, 6.07) is 21.7. The van der Waals surface area contributed by atoms with Crippen LogP contribution in [0.5, 0.6) is 5.75 Å². The number of hydrogen-bond acceptors (Lipinski definition) is 6.